The van der Waals surface area contributed by atoms with Gasteiger partial charge in [0.1, 0.15) is 12.7 Å². The van der Waals surface area contributed by atoms with E-state index in [1.165, 1.54) is 11.9 Å². The molecule has 2 fully saturated rings. The Bertz CT molecular complexity index is 808. The summed E-state index contributed by atoms with van der Waals surface area (Å²) in [6, 6.07) is 10.3. The fraction of sp³-hybridized carbons (Fsp3) is 0.500. The number of nitrogens with zero attached hydrogens (tertiary/aromatic N) is 4. The zero-order chi connectivity index (χ0) is 18.9. The maximum Gasteiger partial charge on any atom is 0.311 e. The molecule has 1 aromatic heterocycles. The van der Waals surface area contributed by atoms with Crippen molar-refractivity contribution in [3.05, 3.63) is 48.5 Å². The number of benzene rings is 1. The van der Waals surface area contributed by atoms with Gasteiger partial charge in [0, 0.05) is 19.5 Å². The summed E-state index contributed by atoms with van der Waals surface area (Å²) < 4.78 is 1.62. The fourth-order valence-corrected chi connectivity index (χ4v) is 4.74. The van der Waals surface area contributed by atoms with E-state index in [2.05, 4.69) is 22.2 Å². The van der Waals surface area contributed by atoms with E-state index in [0.717, 1.165) is 12.8 Å². The lowest BCUT2D eigenvalue weighted by atomic mass is 9.64. The molecule has 0 bridgehead atoms. The normalized spacial score (nSPS) is 27.3. The molecule has 1 N–H and O–H groups in total. The standard InChI is InChI=1S/C20H24N4O3/c25-18(7-9-24-14-21-13-22-24)23-11-17-10-16(15-4-2-1-3-5-15)6-8-20(17,12-23)19(26)27/h1-5,13-14,16-17H,6-12H2,(H,26,27)/t16-,17-,20-/m0/s1. The van der Waals surface area contributed by atoms with Crippen LogP contribution in [0.2, 0.25) is 0 Å². The van der Waals surface area contributed by atoms with Crippen molar-refractivity contribution in [3.8, 4) is 0 Å². The molecule has 0 radical (unpaired) electrons. The van der Waals surface area contributed by atoms with Crippen LogP contribution in [0.4, 0.5) is 0 Å². The van der Waals surface area contributed by atoms with Crippen LogP contribution in [0.5, 0.6) is 0 Å². The second-order valence-corrected chi connectivity index (χ2v) is 7.72. The van der Waals surface area contributed by atoms with Crippen molar-refractivity contribution in [1.29, 1.82) is 0 Å². The molecular formula is C20H24N4O3. The first-order chi connectivity index (χ1) is 13.1. The van der Waals surface area contributed by atoms with Gasteiger partial charge in [-0.05, 0) is 36.7 Å². The summed E-state index contributed by atoms with van der Waals surface area (Å²) in [6.45, 7) is 1.32. The van der Waals surface area contributed by atoms with Crippen molar-refractivity contribution in [2.24, 2.45) is 11.3 Å². The number of aromatic nitrogens is 3. The van der Waals surface area contributed by atoms with E-state index in [4.69, 9.17) is 0 Å². The number of fused-ring (bicyclic) bond motifs is 1. The van der Waals surface area contributed by atoms with Crippen LogP contribution in [0.3, 0.4) is 0 Å². The summed E-state index contributed by atoms with van der Waals surface area (Å²) in [5, 5.41) is 14.0. The van der Waals surface area contributed by atoms with E-state index in [-0.39, 0.29) is 11.8 Å². The summed E-state index contributed by atoms with van der Waals surface area (Å²) in [6.07, 6.45) is 5.64. The summed E-state index contributed by atoms with van der Waals surface area (Å²) in [5.41, 5.74) is 0.473. The third-order valence-electron chi connectivity index (χ3n) is 6.27. The fourth-order valence-electron chi connectivity index (χ4n) is 4.74. The monoisotopic (exact) mass is 368 g/mol. The lowest BCUT2D eigenvalue weighted by molar-refractivity contribution is -0.153. The molecule has 1 saturated heterocycles. The van der Waals surface area contributed by atoms with Crippen molar-refractivity contribution in [2.75, 3.05) is 13.1 Å². The second-order valence-electron chi connectivity index (χ2n) is 7.72. The maximum absolute atomic E-state index is 12.7. The van der Waals surface area contributed by atoms with Crippen molar-refractivity contribution < 1.29 is 14.7 Å². The Morgan fingerprint density at radius 2 is 2.07 bits per heavy atom. The Hall–Kier alpha value is -2.70. The Morgan fingerprint density at radius 1 is 1.26 bits per heavy atom. The van der Waals surface area contributed by atoms with E-state index < -0.39 is 11.4 Å². The third-order valence-corrected chi connectivity index (χ3v) is 6.27. The number of carbonyl (C=O) groups excluding carboxylic acids is 1. The molecule has 4 rings (SSSR count). The van der Waals surface area contributed by atoms with Crippen LogP contribution >= 0.6 is 0 Å². The van der Waals surface area contributed by atoms with Crippen LogP contribution in [0.15, 0.2) is 43.0 Å². The van der Waals surface area contributed by atoms with Crippen molar-refractivity contribution in [3.63, 3.8) is 0 Å². The highest BCUT2D eigenvalue weighted by Crippen LogP contribution is 2.51. The van der Waals surface area contributed by atoms with Crippen LogP contribution in [0.25, 0.3) is 0 Å². The minimum absolute atomic E-state index is 0.00298. The number of carbonyl (C=O) groups is 2. The van der Waals surface area contributed by atoms with E-state index >= 15 is 0 Å². The van der Waals surface area contributed by atoms with Gasteiger partial charge in [-0.15, -0.1) is 0 Å². The van der Waals surface area contributed by atoms with Gasteiger partial charge in [0.25, 0.3) is 0 Å². The average molecular weight is 368 g/mol. The Labute approximate surface area is 158 Å². The molecule has 7 nitrogen and oxygen atoms in total. The summed E-state index contributed by atoms with van der Waals surface area (Å²) in [7, 11) is 0. The van der Waals surface area contributed by atoms with Crippen LogP contribution in [0, 0.1) is 11.3 Å². The van der Waals surface area contributed by atoms with Crippen LogP contribution in [0.1, 0.15) is 37.2 Å². The topological polar surface area (TPSA) is 88.3 Å². The quantitative estimate of drug-likeness (QED) is 0.874. The highest BCUT2D eigenvalue weighted by atomic mass is 16.4. The van der Waals surface area contributed by atoms with Gasteiger partial charge in [-0.2, -0.15) is 5.10 Å². The second kappa shape index (κ2) is 7.13. The number of carboxylic acids is 1. The first-order valence-electron chi connectivity index (χ1n) is 9.47. The minimum Gasteiger partial charge on any atom is -0.481 e. The average Bonchev–Trinajstić information content (AvgIpc) is 3.34. The van der Waals surface area contributed by atoms with E-state index in [9.17, 15) is 14.7 Å². The lowest BCUT2D eigenvalue weighted by Crippen LogP contribution is -2.43. The number of likely N-dealkylation sites (tertiary alicyclic amines) is 1. The van der Waals surface area contributed by atoms with Crippen molar-refractivity contribution in [1.82, 2.24) is 19.7 Å². The SMILES string of the molecule is O=C(CCn1cncn1)N1C[C@@H]2C[C@@H](c3ccccc3)CC[C@]2(C(=O)O)C1. The Morgan fingerprint density at radius 3 is 2.78 bits per heavy atom. The first-order valence-corrected chi connectivity index (χ1v) is 9.47. The number of rotatable bonds is 5. The lowest BCUT2D eigenvalue weighted by Gasteiger charge is -2.38. The molecule has 3 atom stereocenters. The number of amides is 1. The van der Waals surface area contributed by atoms with Gasteiger partial charge < -0.3 is 10.0 Å². The molecule has 7 heteroatoms. The van der Waals surface area contributed by atoms with Crippen molar-refractivity contribution >= 4 is 11.9 Å². The van der Waals surface area contributed by atoms with Gasteiger partial charge in [-0.25, -0.2) is 4.98 Å². The molecule has 1 saturated carbocycles. The first kappa shape index (κ1) is 17.7. The number of hydrogen-bond donors (Lipinski definition) is 1. The maximum atomic E-state index is 12.7. The summed E-state index contributed by atoms with van der Waals surface area (Å²) >= 11 is 0. The van der Waals surface area contributed by atoms with Crippen molar-refractivity contribution in [2.45, 2.75) is 38.1 Å². The molecule has 1 amide bonds. The van der Waals surface area contributed by atoms with Gasteiger partial charge in [0.15, 0.2) is 0 Å². The van der Waals surface area contributed by atoms with Gasteiger partial charge in [-0.1, -0.05) is 30.3 Å². The predicted octanol–water partition coefficient (Wildman–Crippen LogP) is 2.17. The summed E-state index contributed by atoms with van der Waals surface area (Å²) in [4.78, 5) is 30.5. The number of aliphatic carboxylic acids is 1. The van der Waals surface area contributed by atoms with Crippen LogP contribution in [-0.2, 0) is 16.1 Å². The molecule has 2 aromatic rings. The largest absolute Gasteiger partial charge is 0.481 e. The van der Waals surface area contributed by atoms with Crippen LogP contribution in [-0.4, -0.2) is 49.7 Å². The molecule has 1 aromatic carbocycles. The third kappa shape index (κ3) is 3.34. The summed E-state index contributed by atoms with van der Waals surface area (Å²) in [5.74, 6) is -0.388. The Balaban J connectivity index is 1.46. The zero-order valence-corrected chi connectivity index (χ0v) is 15.2. The Kier molecular flexibility index (Phi) is 4.68. The van der Waals surface area contributed by atoms with Gasteiger partial charge >= 0.3 is 5.97 Å². The molecule has 0 spiro atoms. The molecular weight excluding hydrogens is 344 g/mol. The molecule has 2 heterocycles. The van der Waals surface area contributed by atoms with Gasteiger partial charge in [0.2, 0.25) is 5.91 Å². The molecule has 1 aliphatic heterocycles. The van der Waals surface area contributed by atoms with E-state index in [1.807, 2.05) is 18.2 Å². The molecule has 1 aliphatic carbocycles. The molecule has 142 valence electrons. The van der Waals surface area contributed by atoms with Gasteiger partial charge in [0.05, 0.1) is 12.0 Å². The van der Waals surface area contributed by atoms with Crippen LogP contribution < -0.4 is 0 Å². The van der Waals surface area contributed by atoms with Gasteiger partial charge in [-0.3, -0.25) is 14.3 Å². The molecule has 2 aliphatic rings. The molecule has 0 unspecified atom stereocenters. The zero-order valence-electron chi connectivity index (χ0n) is 15.2. The minimum atomic E-state index is -0.797. The molecule has 27 heavy (non-hydrogen) atoms. The highest BCUT2D eigenvalue weighted by Gasteiger charge is 2.55. The van der Waals surface area contributed by atoms with E-state index in [1.54, 1.807) is 15.9 Å². The number of hydrogen-bond acceptors (Lipinski definition) is 4. The number of carboxylic acid groups (broad SMARTS) is 1. The smallest absolute Gasteiger partial charge is 0.311 e. The number of aryl methyl sites for hydroxylation is 1. The predicted molar refractivity (Wildman–Crippen MR) is 97.8 cm³/mol. The van der Waals surface area contributed by atoms with E-state index in [0.29, 0.717) is 38.4 Å². The highest BCUT2D eigenvalue weighted by molar-refractivity contribution is 5.81.